The first-order chi connectivity index (χ1) is 19.2. The van der Waals surface area contributed by atoms with Crippen LogP contribution in [0.3, 0.4) is 0 Å². The predicted octanol–water partition coefficient (Wildman–Crippen LogP) is 7.10. The van der Waals surface area contributed by atoms with E-state index in [2.05, 4.69) is 45.4 Å². The van der Waals surface area contributed by atoms with Gasteiger partial charge in [0, 0.05) is 33.0 Å². The molecule has 2 aromatic rings. The Morgan fingerprint density at radius 3 is 2.17 bits per heavy atom. The fourth-order valence-corrected chi connectivity index (χ4v) is 4.33. The highest BCUT2D eigenvalue weighted by Crippen LogP contribution is 2.28. The molecule has 0 saturated carbocycles. The molecule has 4 nitrogen and oxygen atoms in total. The molecule has 218 valence electrons. The van der Waals surface area contributed by atoms with Gasteiger partial charge in [-0.05, 0) is 60.9 Å². The number of allylic oxidation sites excluding steroid dienone is 4. The Bertz CT molecular complexity index is 1090. The Morgan fingerprint density at radius 1 is 1.05 bits per heavy atom. The summed E-state index contributed by atoms with van der Waals surface area (Å²) in [6, 6.07) is 17.0. The molecule has 0 aromatic heterocycles. The SMILES string of the molecule is C=C/C(=C\C=C(/C)CNC(C)=O)C(F)P.CF.O=C(CCc1ccc(F)cc1)N1CCC(c2ccccc2)CC1. The van der Waals surface area contributed by atoms with Crippen molar-refractivity contribution in [1.29, 1.82) is 0 Å². The summed E-state index contributed by atoms with van der Waals surface area (Å²) < 4.78 is 35.2. The smallest absolute Gasteiger partial charge is 0.222 e. The van der Waals surface area contributed by atoms with Crippen molar-refractivity contribution in [3.63, 3.8) is 0 Å². The molecule has 0 aliphatic carbocycles. The summed E-state index contributed by atoms with van der Waals surface area (Å²) in [4.78, 5) is 24.9. The quantitative estimate of drug-likeness (QED) is 0.257. The second-order valence-electron chi connectivity index (χ2n) is 9.39. The maximum absolute atomic E-state index is 12.9. The van der Waals surface area contributed by atoms with Gasteiger partial charge in [0.1, 0.15) is 11.7 Å². The molecule has 0 radical (unpaired) electrons. The second-order valence-corrected chi connectivity index (χ2v) is 9.97. The molecule has 2 atom stereocenters. The fourth-order valence-electron chi connectivity index (χ4n) is 4.08. The van der Waals surface area contributed by atoms with Gasteiger partial charge in [-0.1, -0.05) is 82.1 Å². The van der Waals surface area contributed by atoms with Gasteiger partial charge in [0.25, 0.3) is 0 Å². The molecule has 1 heterocycles. The minimum absolute atomic E-state index is 0.0786. The molecule has 40 heavy (non-hydrogen) atoms. The first kappa shape index (κ1) is 34.8. The number of benzene rings is 2. The van der Waals surface area contributed by atoms with E-state index in [9.17, 15) is 22.8 Å². The average Bonchev–Trinajstić information content (AvgIpc) is 2.97. The number of nitrogens with zero attached hydrogens (tertiary/aromatic N) is 1. The minimum atomic E-state index is -1.10. The van der Waals surface area contributed by atoms with Crippen LogP contribution in [-0.4, -0.2) is 49.4 Å². The number of alkyl halides is 2. The van der Waals surface area contributed by atoms with Crippen LogP contribution >= 0.6 is 9.24 Å². The third-order valence-corrected chi connectivity index (χ3v) is 6.77. The largest absolute Gasteiger partial charge is 0.353 e. The number of hydrogen-bond acceptors (Lipinski definition) is 2. The average molecular weight is 575 g/mol. The summed E-state index contributed by atoms with van der Waals surface area (Å²) in [6.07, 6.45) is 8.14. The number of rotatable bonds is 9. The van der Waals surface area contributed by atoms with Gasteiger partial charge < -0.3 is 10.2 Å². The number of carbonyl (C=O) groups is 2. The number of likely N-dealkylation sites (tertiary alicyclic amines) is 1. The highest BCUT2D eigenvalue weighted by Gasteiger charge is 2.23. The summed E-state index contributed by atoms with van der Waals surface area (Å²) >= 11 is 0. The van der Waals surface area contributed by atoms with E-state index in [1.165, 1.54) is 30.7 Å². The zero-order valence-corrected chi connectivity index (χ0v) is 24.9. The van der Waals surface area contributed by atoms with Crippen LogP contribution in [0.1, 0.15) is 50.2 Å². The summed E-state index contributed by atoms with van der Waals surface area (Å²) in [6.45, 7) is 8.98. The van der Waals surface area contributed by atoms with Crippen molar-refractivity contribution in [2.24, 2.45) is 0 Å². The summed E-state index contributed by atoms with van der Waals surface area (Å²) in [5.74, 6) is -0.640. The zero-order valence-electron chi connectivity index (χ0n) is 23.7. The van der Waals surface area contributed by atoms with Crippen molar-refractivity contribution in [2.75, 3.05) is 26.8 Å². The molecule has 1 aliphatic rings. The molecule has 8 heteroatoms. The van der Waals surface area contributed by atoms with E-state index in [0.717, 1.165) is 37.1 Å². The molecule has 2 unspecified atom stereocenters. The van der Waals surface area contributed by atoms with Crippen LogP contribution in [0.4, 0.5) is 13.2 Å². The van der Waals surface area contributed by atoms with Crippen LogP contribution < -0.4 is 5.32 Å². The Labute approximate surface area is 239 Å². The lowest BCUT2D eigenvalue weighted by Crippen LogP contribution is -2.38. The highest BCUT2D eigenvalue weighted by atomic mass is 31.0. The van der Waals surface area contributed by atoms with E-state index in [1.807, 2.05) is 17.9 Å². The maximum Gasteiger partial charge on any atom is 0.222 e. The lowest BCUT2D eigenvalue weighted by atomic mass is 9.89. The van der Waals surface area contributed by atoms with Crippen LogP contribution in [0.25, 0.3) is 0 Å². The molecular formula is C32H42F3N2O2P. The first-order valence-electron chi connectivity index (χ1n) is 13.3. The van der Waals surface area contributed by atoms with Crippen molar-refractivity contribution >= 4 is 21.1 Å². The number of carbonyl (C=O) groups excluding carboxylic acids is 2. The van der Waals surface area contributed by atoms with Crippen molar-refractivity contribution in [3.8, 4) is 0 Å². The summed E-state index contributed by atoms with van der Waals surface area (Å²) in [5.41, 5.74) is 3.85. The Morgan fingerprint density at radius 2 is 1.65 bits per heavy atom. The molecular weight excluding hydrogens is 532 g/mol. The van der Waals surface area contributed by atoms with Gasteiger partial charge in [0.15, 0.2) is 0 Å². The molecule has 1 aliphatic heterocycles. The molecule has 2 aromatic carbocycles. The molecule has 3 rings (SSSR count). The number of nitrogens with one attached hydrogen (secondary N) is 1. The number of hydrogen-bond donors (Lipinski definition) is 1. The van der Waals surface area contributed by atoms with Gasteiger partial charge in [-0.3, -0.25) is 14.0 Å². The Kier molecular flexibility index (Phi) is 17.3. The molecule has 0 bridgehead atoms. The van der Waals surface area contributed by atoms with Crippen LogP contribution in [0, 0.1) is 5.82 Å². The predicted molar refractivity (Wildman–Crippen MR) is 162 cm³/mol. The molecule has 1 saturated heterocycles. The van der Waals surface area contributed by atoms with Gasteiger partial charge >= 0.3 is 0 Å². The zero-order chi connectivity index (χ0) is 29.9. The van der Waals surface area contributed by atoms with Crippen LogP contribution in [0.15, 0.2) is 90.6 Å². The van der Waals surface area contributed by atoms with Crippen LogP contribution in [0.5, 0.6) is 0 Å². The number of piperidine rings is 1. The lowest BCUT2D eigenvalue weighted by Gasteiger charge is -2.32. The van der Waals surface area contributed by atoms with Crippen LogP contribution in [0.2, 0.25) is 0 Å². The van der Waals surface area contributed by atoms with Crippen molar-refractivity contribution in [3.05, 3.63) is 107 Å². The standard InChI is InChI=1S/C20H22FNO.C11H17FNOP.CH3F/c21-19-9-6-16(7-10-19)8-11-20(23)22-14-12-18(13-15-22)17-4-2-1-3-5-17;1-4-10(11(12)15)6-5-8(2)7-13-9(3)14;1-2/h1-7,9-10,18H,8,11-15H2;4-6,11H,1,7,15H2,2-3H3,(H,13,14);1H3/b;8-5+,10-6+;. The highest BCUT2D eigenvalue weighted by molar-refractivity contribution is 7.17. The molecule has 1 fully saturated rings. The van der Waals surface area contributed by atoms with Gasteiger partial charge in [-0.2, -0.15) is 0 Å². The van der Waals surface area contributed by atoms with E-state index in [0.29, 0.717) is 38.1 Å². The topological polar surface area (TPSA) is 49.4 Å². The van der Waals surface area contributed by atoms with Gasteiger partial charge in [-0.25, -0.2) is 8.78 Å². The van der Waals surface area contributed by atoms with Crippen LogP contribution in [-0.2, 0) is 16.0 Å². The van der Waals surface area contributed by atoms with Gasteiger partial charge in [0.05, 0.1) is 7.18 Å². The lowest BCUT2D eigenvalue weighted by molar-refractivity contribution is -0.132. The van der Waals surface area contributed by atoms with Gasteiger partial charge in [0.2, 0.25) is 11.8 Å². The second kappa shape index (κ2) is 19.8. The van der Waals surface area contributed by atoms with Crippen molar-refractivity contribution in [2.45, 2.75) is 51.4 Å². The van der Waals surface area contributed by atoms with Crippen molar-refractivity contribution < 1.29 is 22.8 Å². The fraction of sp³-hybridized carbons (Fsp3) is 0.375. The summed E-state index contributed by atoms with van der Waals surface area (Å²) in [5, 5.41) is 2.65. The van der Waals surface area contributed by atoms with Crippen molar-refractivity contribution in [1.82, 2.24) is 10.2 Å². The van der Waals surface area contributed by atoms with E-state index in [-0.39, 0.29) is 17.6 Å². The molecule has 2 amide bonds. The monoisotopic (exact) mass is 574 g/mol. The van der Waals surface area contributed by atoms with E-state index in [1.54, 1.807) is 24.3 Å². The third kappa shape index (κ3) is 13.7. The molecule has 1 N–H and O–H groups in total. The third-order valence-electron chi connectivity index (χ3n) is 6.39. The first-order valence-corrected chi connectivity index (χ1v) is 13.9. The summed E-state index contributed by atoms with van der Waals surface area (Å²) in [7, 11) is 2.56. The normalized spacial score (nSPS) is 14.6. The van der Waals surface area contributed by atoms with E-state index < -0.39 is 5.91 Å². The Balaban J connectivity index is 0.000000411. The Hall–Kier alpha value is -3.18. The number of halogens is 3. The number of aryl methyl sites for hydroxylation is 1. The van der Waals surface area contributed by atoms with E-state index >= 15 is 0 Å². The molecule has 0 spiro atoms. The van der Waals surface area contributed by atoms with E-state index in [4.69, 9.17) is 0 Å². The minimum Gasteiger partial charge on any atom is -0.353 e. The maximum atomic E-state index is 12.9. The number of amides is 2. The van der Waals surface area contributed by atoms with Gasteiger partial charge in [-0.15, -0.1) is 0 Å².